The van der Waals surface area contributed by atoms with Crippen LogP contribution in [-0.4, -0.2) is 21.3 Å². The largest absolute Gasteiger partial charge is 0.330 e. The van der Waals surface area contributed by atoms with E-state index in [0.29, 0.717) is 12.0 Å². The molecule has 0 bridgehead atoms. The molecule has 1 aliphatic carbocycles. The van der Waals surface area contributed by atoms with Gasteiger partial charge in [0.2, 0.25) is 0 Å². The maximum atomic E-state index is 5.94. The lowest BCUT2D eigenvalue weighted by Crippen LogP contribution is -2.25. The van der Waals surface area contributed by atoms with Crippen LogP contribution in [0.4, 0.5) is 0 Å². The molecule has 17 heavy (non-hydrogen) atoms. The Kier molecular flexibility index (Phi) is 4.15. The highest BCUT2D eigenvalue weighted by Crippen LogP contribution is 2.32. The molecule has 2 rings (SSSR count). The van der Waals surface area contributed by atoms with Gasteiger partial charge >= 0.3 is 0 Å². The number of rotatable bonds is 5. The van der Waals surface area contributed by atoms with E-state index in [9.17, 15) is 0 Å². The van der Waals surface area contributed by atoms with Crippen LogP contribution >= 0.6 is 0 Å². The van der Waals surface area contributed by atoms with Crippen molar-refractivity contribution in [3.05, 3.63) is 12.2 Å². The molecule has 1 fully saturated rings. The molecule has 2 N–H and O–H groups in total. The summed E-state index contributed by atoms with van der Waals surface area (Å²) in [6.45, 7) is 5.06. The van der Waals surface area contributed by atoms with Gasteiger partial charge in [-0.1, -0.05) is 25.7 Å². The molecule has 1 aromatic heterocycles. The minimum absolute atomic E-state index is 0.384. The first-order valence-corrected chi connectivity index (χ1v) is 6.80. The van der Waals surface area contributed by atoms with Crippen molar-refractivity contribution in [1.82, 2.24) is 14.8 Å². The van der Waals surface area contributed by atoms with Crippen molar-refractivity contribution in [2.45, 2.75) is 52.0 Å². The number of nitrogens with zero attached hydrogens (tertiary/aromatic N) is 3. The number of nitrogens with two attached hydrogens (primary N) is 1. The van der Waals surface area contributed by atoms with Crippen LogP contribution in [0.2, 0.25) is 0 Å². The summed E-state index contributed by atoms with van der Waals surface area (Å²) in [4.78, 5) is 4.39. The molecular formula is C13H24N4. The average molecular weight is 236 g/mol. The van der Waals surface area contributed by atoms with Crippen LogP contribution in [0.15, 0.2) is 6.33 Å². The van der Waals surface area contributed by atoms with Gasteiger partial charge in [0, 0.05) is 12.5 Å². The van der Waals surface area contributed by atoms with E-state index < -0.39 is 0 Å². The molecule has 1 unspecified atom stereocenters. The second kappa shape index (κ2) is 5.63. The van der Waals surface area contributed by atoms with Gasteiger partial charge in [-0.2, -0.15) is 5.10 Å². The van der Waals surface area contributed by atoms with Gasteiger partial charge in [0.1, 0.15) is 12.2 Å². The Morgan fingerprint density at radius 1 is 1.41 bits per heavy atom. The van der Waals surface area contributed by atoms with Gasteiger partial charge < -0.3 is 5.73 Å². The van der Waals surface area contributed by atoms with Crippen molar-refractivity contribution in [3.8, 4) is 0 Å². The van der Waals surface area contributed by atoms with E-state index in [1.807, 2.05) is 4.68 Å². The van der Waals surface area contributed by atoms with E-state index in [4.69, 9.17) is 5.73 Å². The summed E-state index contributed by atoms with van der Waals surface area (Å²) in [5.41, 5.74) is 5.94. The fourth-order valence-corrected chi connectivity index (χ4v) is 2.96. The van der Waals surface area contributed by atoms with Crippen LogP contribution in [0.5, 0.6) is 0 Å². The van der Waals surface area contributed by atoms with E-state index in [1.54, 1.807) is 6.33 Å². The second-order valence-corrected chi connectivity index (χ2v) is 5.46. The second-order valence-electron chi connectivity index (χ2n) is 5.46. The topological polar surface area (TPSA) is 56.7 Å². The Labute approximate surface area is 104 Å². The molecule has 0 radical (unpaired) electrons. The molecule has 1 heterocycles. The molecule has 0 spiro atoms. The number of aromatic nitrogens is 3. The predicted molar refractivity (Wildman–Crippen MR) is 68.6 cm³/mol. The van der Waals surface area contributed by atoms with Gasteiger partial charge in [0.25, 0.3) is 0 Å². The number of hydrogen-bond donors (Lipinski definition) is 1. The van der Waals surface area contributed by atoms with E-state index in [2.05, 4.69) is 23.9 Å². The first-order chi connectivity index (χ1) is 8.22. The molecular weight excluding hydrogens is 212 g/mol. The minimum atomic E-state index is 0.384. The van der Waals surface area contributed by atoms with Crippen LogP contribution in [0.3, 0.4) is 0 Å². The molecule has 4 nitrogen and oxygen atoms in total. The van der Waals surface area contributed by atoms with Crippen molar-refractivity contribution in [2.75, 3.05) is 6.54 Å². The van der Waals surface area contributed by atoms with E-state index in [1.165, 1.54) is 25.7 Å². The number of hydrogen-bond acceptors (Lipinski definition) is 3. The Morgan fingerprint density at radius 3 is 2.71 bits per heavy atom. The summed E-state index contributed by atoms with van der Waals surface area (Å²) in [5.74, 6) is 2.49. The zero-order valence-electron chi connectivity index (χ0n) is 11.0. The monoisotopic (exact) mass is 236 g/mol. The lowest BCUT2D eigenvalue weighted by molar-refractivity contribution is 0.330. The quantitative estimate of drug-likeness (QED) is 0.852. The lowest BCUT2D eigenvalue weighted by atomic mass is 9.88. The highest BCUT2D eigenvalue weighted by Gasteiger charge is 2.25. The van der Waals surface area contributed by atoms with E-state index in [0.717, 1.165) is 24.7 Å². The van der Waals surface area contributed by atoms with Gasteiger partial charge in [-0.05, 0) is 32.2 Å². The fourth-order valence-electron chi connectivity index (χ4n) is 2.96. The van der Waals surface area contributed by atoms with Crippen molar-refractivity contribution in [1.29, 1.82) is 0 Å². The SMILES string of the molecule is CC(C)n1ncnc1CC(CN)C1CCCC1. The molecule has 1 aromatic rings. The lowest BCUT2D eigenvalue weighted by Gasteiger charge is -2.22. The highest BCUT2D eigenvalue weighted by atomic mass is 15.3. The third kappa shape index (κ3) is 2.86. The van der Waals surface area contributed by atoms with Crippen molar-refractivity contribution >= 4 is 0 Å². The molecule has 1 saturated carbocycles. The standard InChI is InChI=1S/C13H24N4/c1-10(2)17-13(15-9-16-17)7-12(8-14)11-5-3-4-6-11/h9-12H,3-8,14H2,1-2H3. The van der Waals surface area contributed by atoms with Crippen molar-refractivity contribution in [2.24, 2.45) is 17.6 Å². The summed E-state index contributed by atoms with van der Waals surface area (Å²) in [6.07, 6.45) is 8.09. The van der Waals surface area contributed by atoms with E-state index >= 15 is 0 Å². The smallest absolute Gasteiger partial charge is 0.138 e. The summed E-state index contributed by atoms with van der Waals surface area (Å²) in [6, 6.07) is 0.384. The minimum Gasteiger partial charge on any atom is -0.330 e. The van der Waals surface area contributed by atoms with Crippen LogP contribution in [0.1, 0.15) is 51.4 Å². The third-order valence-corrected chi connectivity index (χ3v) is 3.95. The molecule has 0 aromatic carbocycles. The first kappa shape index (κ1) is 12.6. The van der Waals surface area contributed by atoms with Gasteiger partial charge in [-0.15, -0.1) is 0 Å². The fraction of sp³-hybridized carbons (Fsp3) is 0.846. The Hall–Kier alpha value is -0.900. The summed E-state index contributed by atoms with van der Waals surface area (Å²) in [5, 5.41) is 4.29. The molecule has 0 amide bonds. The Balaban J connectivity index is 2.04. The van der Waals surface area contributed by atoms with Crippen LogP contribution < -0.4 is 5.73 Å². The molecule has 4 heteroatoms. The van der Waals surface area contributed by atoms with Gasteiger partial charge in [0.05, 0.1) is 0 Å². The average Bonchev–Trinajstić information content (AvgIpc) is 2.96. The Morgan fingerprint density at radius 2 is 2.12 bits per heavy atom. The summed E-state index contributed by atoms with van der Waals surface area (Å²) in [7, 11) is 0. The zero-order chi connectivity index (χ0) is 12.3. The van der Waals surface area contributed by atoms with Crippen LogP contribution in [-0.2, 0) is 6.42 Å². The van der Waals surface area contributed by atoms with Gasteiger partial charge in [-0.25, -0.2) is 9.67 Å². The van der Waals surface area contributed by atoms with Gasteiger partial charge in [-0.3, -0.25) is 0 Å². The summed E-state index contributed by atoms with van der Waals surface area (Å²) >= 11 is 0. The summed E-state index contributed by atoms with van der Waals surface area (Å²) < 4.78 is 2.03. The normalized spacial score (nSPS) is 19.1. The maximum absolute atomic E-state index is 5.94. The highest BCUT2D eigenvalue weighted by molar-refractivity contribution is 4.91. The van der Waals surface area contributed by atoms with Crippen molar-refractivity contribution < 1.29 is 0 Å². The van der Waals surface area contributed by atoms with Crippen LogP contribution in [0, 0.1) is 11.8 Å². The first-order valence-electron chi connectivity index (χ1n) is 6.80. The molecule has 0 aliphatic heterocycles. The molecule has 1 atom stereocenters. The zero-order valence-corrected chi connectivity index (χ0v) is 11.0. The predicted octanol–water partition coefficient (Wildman–Crippen LogP) is 2.17. The molecule has 0 saturated heterocycles. The van der Waals surface area contributed by atoms with Gasteiger partial charge in [0.15, 0.2) is 0 Å². The molecule has 1 aliphatic rings. The maximum Gasteiger partial charge on any atom is 0.138 e. The van der Waals surface area contributed by atoms with E-state index in [-0.39, 0.29) is 0 Å². The van der Waals surface area contributed by atoms with Crippen LogP contribution in [0.25, 0.3) is 0 Å². The Bertz CT molecular complexity index is 339. The van der Waals surface area contributed by atoms with Crippen molar-refractivity contribution in [3.63, 3.8) is 0 Å². The molecule has 96 valence electrons. The third-order valence-electron chi connectivity index (χ3n) is 3.95.